The molecule has 0 aliphatic heterocycles. The van der Waals surface area contributed by atoms with E-state index >= 15 is 0 Å². The van der Waals surface area contributed by atoms with E-state index in [4.69, 9.17) is 0 Å². The standard InChI is InChI=1S/C12H22N2O/c1-5-6-11-9(4)13-12(14-11)10(7-15)8(2)3/h8,10,15H,5-7H2,1-4H3,(H,13,14). The lowest BCUT2D eigenvalue weighted by molar-refractivity contribution is 0.232. The van der Waals surface area contributed by atoms with E-state index < -0.39 is 0 Å². The summed E-state index contributed by atoms with van der Waals surface area (Å²) in [4.78, 5) is 7.87. The van der Waals surface area contributed by atoms with Crippen molar-refractivity contribution >= 4 is 0 Å². The lowest BCUT2D eigenvalue weighted by Crippen LogP contribution is -2.13. The van der Waals surface area contributed by atoms with E-state index in [2.05, 4.69) is 37.7 Å². The summed E-state index contributed by atoms with van der Waals surface area (Å²) in [6.07, 6.45) is 2.12. The zero-order valence-electron chi connectivity index (χ0n) is 10.2. The van der Waals surface area contributed by atoms with Crippen molar-refractivity contribution in [1.82, 2.24) is 9.97 Å². The monoisotopic (exact) mass is 210 g/mol. The van der Waals surface area contributed by atoms with Crippen molar-refractivity contribution in [3.8, 4) is 0 Å². The zero-order valence-corrected chi connectivity index (χ0v) is 10.2. The van der Waals surface area contributed by atoms with Crippen LogP contribution in [0.25, 0.3) is 0 Å². The Balaban J connectivity index is 2.89. The van der Waals surface area contributed by atoms with Crippen LogP contribution in [0.5, 0.6) is 0 Å². The molecule has 86 valence electrons. The number of aliphatic hydroxyl groups is 1. The molecule has 0 aliphatic rings. The van der Waals surface area contributed by atoms with Gasteiger partial charge in [-0.15, -0.1) is 0 Å². The topological polar surface area (TPSA) is 48.9 Å². The summed E-state index contributed by atoms with van der Waals surface area (Å²) in [5, 5.41) is 9.32. The van der Waals surface area contributed by atoms with Gasteiger partial charge in [-0.1, -0.05) is 27.2 Å². The predicted octanol–water partition coefficient (Wildman–Crippen LogP) is 2.40. The molecular weight excluding hydrogens is 188 g/mol. The molecule has 15 heavy (non-hydrogen) atoms. The minimum absolute atomic E-state index is 0.134. The third kappa shape index (κ3) is 2.81. The first-order valence-corrected chi connectivity index (χ1v) is 5.76. The Hall–Kier alpha value is -0.830. The highest BCUT2D eigenvalue weighted by molar-refractivity contribution is 5.15. The number of aromatic nitrogens is 2. The minimum Gasteiger partial charge on any atom is -0.396 e. The lowest BCUT2D eigenvalue weighted by atomic mass is 9.96. The predicted molar refractivity (Wildman–Crippen MR) is 62.0 cm³/mol. The fourth-order valence-electron chi connectivity index (χ4n) is 1.79. The summed E-state index contributed by atoms with van der Waals surface area (Å²) >= 11 is 0. The van der Waals surface area contributed by atoms with Crippen LogP contribution in [-0.2, 0) is 6.42 Å². The molecule has 0 aromatic carbocycles. The molecule has 1 rings (SSSR count). The second-order valence-electron chi connectivity index (χ2n) is 4.48. The second kappa shape index (κ2) is 5.31. The molecule has 1 aromatic rings. The number of nitrogens with one attached hydrogen (secondary N) is 1. The Morgan fingerprint density at radius 3 is 2.53 bits per heavy atom. The fourth-order valence-corrected chi connectivity index (χ4v) is 1.79. The molecular formula is C12H22N2O. The first kappa shape index (κ1) is 12.2. The Bertz CT molecular complexity index is 305. The molecule has 0 saturated heterocycles. The van der Waals surface area contributed by atoms with Crippen molar-refractivity contribution in [3.05, 3.63) is 17.2 Å². The number of aryl methyl sites for hydroxylation is 2. The Morgan fingerprint density at radius 1 is 1.40 bits per heavy atom. The van der Waals surface area contributed by atoms with Crippen molar-refractivity contribution in [2.24, 2.45) is 5.92 Å². The molecule has 1 heterocycles. The van der Waals surface area contributed by atoms with Gasteiger partial charge in [-0.3, -0.25) is 0 Å². The fraction of sp³-hybridized carbons (Fsp3) is 0.750. The van der Waals surface area contributed by atoms with Gasteiger partial charge in [-0.05, 0) is 19.3 Å². The molecule has 2 N–H and O–H groups in total. The van der Waals surface area contributed by atoms with E-state index in [-0.39, 0.29) is 12.5 Å². The smallest absolute Gasteiger partial charge is 0.112 e. The van der Waals surface area contributed by atoms with Gasteiger partial charge >= 0.3 is 0 Å². The third-order valence-corrected chi connectivity index (χ3v) is 2.84. The van der Waals surface area contributed by atoms with Gasteiger partial charge in [-0.2, -0.15) is 0 Å². The van der Waals surface area contributed by atoms with Gasteiger partial charge in [0.2, 0.25) is 0 Å². The number of aromatic amines is 1. The summed E-state index contributed by atoms with van der Waals surface area (Å²) in [7, 11) is 0. The van der Waals surface area contributed by atoms with Crippen LogP contribution in [0.1, 0.15) is 50.3 Å². The third-order valence-electron chi connectivity index (χ3n) is 2.84. The highest BCUT2D eigenvalue weighted by Gasteiger charge is 2.19. The average Bonchev–Trinajstić information content (AvgIpc) is 2.49. The van der Waals surface area contributed by atoms with E-state index in [9.17, 15) is 5.11 Å². The first-order valence-electron chi connectivity index (χ1n) is 5.76. The summed E-state index contributed by atoms with van der Waals surface area (Å²) in [6, 6.07) is 0. The highest BCUT2D eigenvalue weighted by Crippen LogP contribution is 2.22. The highest BCUT2D eigenvalue weighted by atomic mass is 16.3. The maximum Gasteiger partial charge on any atom is 0.112 e. The van der Waals surface area contributed by atoms with Crippen LogP contribution in [0.2, 0.25) is 0 Å². The molecule has 0 aliphatic carbocycles. The van der Waals surface area contributed by atoms with Gasteiger partial charge < -0.3 is 10.1 Å². The van der Waals surface area contributed by atoms with Crippen LogP contribution in [0.3, 0.4) is 0 Å². The molecule has 1 aromatic heterocycles. The van der Waals surface area contributed by atoms with Gasteiger partial charge in [-0.25, -0.2) is 4.98 Å². The van der Waals surface area contributed by atoms with E-state index in [0.717, 1.165) is 30.1 Å². The van der Waals surface area contributed by atoms with Crippen molar-refractivity contribution in [3.63, 3.8) is 0 Å². The summed E-state index contributed by atoms with van der Waals surface area (Å²) in [6.45, 7) is 8.59. The number of nitrogens with zero attached hydrogens (tertiary/aromatic N) is 1. The zero-order chi connectivity index (χ0) is 11.4. The molecule has 0 saturated carbocycles. The molecule has 0 amide bonds. The molecule has 3 nitrogen and oxygen atoms in total. The number of aliphatic hydroxyl groups excluding tert-OH is 1. The van der Waals surface area contributed by atoms with Crippen LogP contribution in [0, 0.1) is 12.8 Å². The maximum absolute atomic E-state index is 9.32. The van der Waals surface area contributed by atoms with Crippen molar-refractivity contribution in [1.29, 1.82) is 0 Å². The van der Waals surface area contributed by atoms with Gasteiger partial charge in [0.1, 0.15) is 5.82 Å². The van der Waals surface area contributed by atoms with Crippen LogP contribution < -0.4 is 0 Å². The number of H-pyrrole nitrogens is 1. The van der Waals surface area contributed by atoms with Crippen molar-refractivity contribution in [2.75, 3.05) is 6.61 Å². The van der Waals surface area contributed by atoms with Gasteiger partial charge in [0.15, 0.2) is 0 Å². The molecule has 0 spiro atoms. The van der Waals surface area contributed by atoms with Gasteiger partial charge in [0, 0.05) is 11.6 Å². The van der Waals surface area contributed by atoms with E-state index in [1.165, 1.54) is 0 Å². The number of imidazole rings is 1. The van der Waals surface area contributed by atoms with E-state index in [1.807, 2.05) is 0 Å². The quantitative estimate of drug-likeness (QED) is 0.784. The van der Waals surface area contributed by atoms with Crippen LogP contribution in [0.15, 0.2) is 0 Å². The summed E-state index contributed by atoms with van der Waals surface area (Å²) in [5.41, 5.74) is 2.29. The second-order valence-corrected chi connectivity index (χ2v) is 4.48. The molecule has 3 heteroatoms. The Morgan fingerprint density at radius 2 is 2.07 bits per heavy atom. The van der Waals surface area contributed by atoms with E-state index in [0.29, 0.717) is 5.92 Å². The Kier molecular flexibility index (Phi) is 4.33. The first-order chi connectivity index (χ1) is 7.10. The SMILES string of the molecule is CCCc1nc(C(CO)C(C)C)[nH]c1C. The van der Waals surface area contributed by atoms with Crippen molar-refractivity contribution < 1.29 is 5.11 Å². The maximum atomic E-state index is 9.32. The molecule has 0 radical (unpaired) electrons. The number of rotatable bonds is 5. The molecule has 1 atom stereocenters. The summed E-state index contributed by atoms with van der Waals surface area (Å²) in [5.74, 6) is 1.48. The lowest BCUT2D eigenvalue weighted by Gasteiger charge is -2.15. The molecule has 1 unspecified atom stereocenters. The number of hydrogen-bond donors (Lipinski definition) is 2. The van der Waals surface area contributed by atoms with Gasteiger partial charge in [0.05, 0.1) is 12.3 Å². The number of hydrogen-bond acceptors (Lipinski definition) is 2. The van der Waals surface area contributed by atoms with Gasteiger partial charge in [0.25, 0.3) is 0 Å². The van der Waals surface area contributed by atoms with Crippen LogP contribution >= 0.6 is 0 Å². The normalized spacial score (nSPS) is 13.5. The van der Waals surface area contributed by atoms with E-state index in [1.54, 1.807) is 0 Å². The molecule has 0 fully saturated rings. The van der Waals surface area contributed by atoms with Crippen LogP contribution in [0.4, 0.5) is 0 Å². The minimum atomic E-state index is 0.134. The molecule has 0 bridgehead atoms. The van der Waals surface area contributed by atoms with Crippen molar-refractivity contribution in [2.45, 2.75) is 46.5 Å². The summed E-state index contributed by atoms with van der Waals surface area (Å²) < 4.78 is 0. The Labute approximate surface area is 91.9 Å². The van der Waals surface area contributed by atoms with Crippen LogP contribution in [-0.4, -0.2) is 21.7 Å². The average molecular weight is 210 g/mol. The largest absolute Gasteiger partial charge is 0.396 e.